The van der Waals surface area contributed by atoms with E-state index in [0.717, 1.165) is 31.2 Å². The first-order valence-electron chi connectivity index (χ1n) is 14.8. The van der Waals surface area contributed by atoms with Crippen molar-refractivity contribution in [3.05, 3.63) is 84.1 Å². The number of para-hydroxylation sites is 1. The molecular weight excluding hydrogens is 576 g/mol. The molecule has 7 rings (SSSR count). The number of carbonyl (C=O) groups is 3. The van der Waals surface area contributed by atoms with Crippen LogP contribution >= 0.6 is 11.8 Å². The molecule has 4 amide bonds. The van der Waals surface area contributed by atoms with E-state index < -0.39 is 11.3 Å². The lowest BCUT2D eigenvalue weighted by molar-refractivity contribution is -0.129. The number of benzene rings is 2. The number of urea groups is 1. The standard InChI is InChI=1S/C33H30N6O4S/c34-18-21(16-20-11-12-20)32(41)38-15-5-6-22(19-38)36-30(40)29-28-27-26(13-14-35-31(27)44-29)39(33(42)37-28)23-7-4-10-25(17-23)43-24-8-2-1-3-9-24/h1-4,7-10,13-14,16-17,20,22,28-29H,5-6,11-12,15,19H2,(H,36,40)(H,37,42)/b21-16+/t22?,28?,29-/m0/s1. The smallest absolute Gasteiger partial charge is 0.327 e. The molecular formula is C33H30N6O4S. The van der Waals surface area contributed by atoms with Crippen LogP contribution in [0, 0.1) is 17.2 Å². The number of rotatable bonds is 7. The zero-order valence-electron chi connectivity index (χ0n) is 23.8. The van der Waals surface area contributed by atoms with Gasteiger partial charge < -0.3 is 20.3 Å². The van der Waals surface area contributed by atoms with Gasteiger partial charge in [-0.2, -0.15) is 5.26 Å². The van der Waals surface area contributed by atoms with Gasteiger partial charge in [-0.25, -0.2) is 9.78 Å². The zero-order valence-corrected chi connectivity index (χ0v) is 24.6. The van der Waals surface area contributed by atoms with Crippen molar-refractivity contribution in [3.8, 4) is 17.6 Å². The van der Waals surface area contributed by atoms with Gasteiger partial charge in [-0.15, -0.1) is 0 Å². The topological polar surface area (TPSA) is 128 Å². The van der Waals surface area contributed by atoms with Crippen LogP contribution < -0.4 is 20.3 Å². The maximum absolute atomic E-state index is 13.7. The molecule has 0 radical (unpaired) electrons. The fourth-order valence-corrected chi connectivity index (χ4v) is 7.22. The number of anilines is 2. The minimum absolute atomic E-state index is 0.187. The van der Waals surface area contributed by atoms with Crippen molar-refractivity contribution in [3.63, 3.8) is 0 Å². The zero-order chi connectivity index (χ0) is 30.2. The van der Waals surface area contributed by atoms with E-state index in [9.17, 15) is 19.6 Å². The van der Waals surface area contributed by atoms with Gasteiger partial charge >= 0.3 is 6.03 Å². The third-order valence-corrected chi connectivity index (χ3v) is 9.54. The number of nitriles is 1. The van der Waals surface area contributed by atoms with Crippen molar-refractivity contribution in [2.75, 3.05) is 18.0 Å². The van der Waals surface area contributed by atoms with Gasteiger partial charge in [-0.1, -0.05) is 42.1 Å². The summed E-state index contributed by atoms with van der Waals surface area (Å²) in [7, 11) is 0. The number of nitrogens with one attached hydrogen (secondary N) is 2. The molecule has 4 aliphatic rings. The average Bonchev–Trinajstić information content (AvgIpc) is 3.79. The number of hydrogen-bond donors (Lipinski definition) is 2. The number of likely N-dealkylation sites (tertiary alicyclic amines) is 1. The van der Waals surface area contributed by atoms with Crippen molar-refractivity contribution < 1.29 is 19.1 Å². The first-order valence-corrected chi connectivity index (χ1v) is 15.7. The lowest BCUT2D eigenvalue weighted by Crippen LogP contribution is -2.53. The highest BCUT2D eigenvalue weighted by Crippen LogP contribution is 2.50. The predicted octanol–water partition coefficient (Wildman–Crippen LogP) is 5.22. The number of amides is 4. The SMILES string of the molecule is N#C/C(=C\C1CC1)C(=O)N1CCCC(NC(=O)[C@H]2Sc3nccc4c3C2NC(=O)N4c2cccc(Oc3ccccc3)c2)C1. The second kappa shape index (κ2) is 11.7. The Morgan fingerprint density at radius 1 is 1.09 bits per heavy atom. The molecule has 2 N–H and O–H groups in total. The maximum atomic E-state index is 13.7. The van der Waals surface area contributed by atoms with Crippen molar-refractivity contribution in [2.45, 2.75) is 48.0 Å². The molecule has 0 bridgehead atoms. The fraction of sp³-hybridized carbons (Fsp3) is 0.303. The lowest BCUT2D eigenvalue weighted by atomic mass is 9.99. The summed E-state index contributed by atoms with van der Waals surface area (Å²) in [5.74, 6) is 1.11. The first kappa shape index (κ1) is 28.0. The number of thioether (sulfide) groups is 1. The third-order valence-electron chi connectivity index (χ3n) is 8.25. The molecule has 4 heterocycles. The minimum Gasteiger partial charge on any atom is -0.457 e. The van der Waals surface area contributed by atoms with Gasteiger partial charge in [-0.3, -0.25) is 14.5 Å². The summed E-state index contributed by atoms with van der Waals surface area (Å²) in [6.07, 6.45) is 6.91. The van der Waals surface area contributed by atoms with E-state index in [1.165, 1.54) is 11.8 Å². The van der Waals surface area contributed by atoms with E-state index in [1.54, 1.807) is 34.2 Å². The number of allylic oxidation sites excluding steroid dienone is 1. The molecule has 222 valence electrons. The number of pyridine rings is 1. The Bertz CT molecular complexity index is 1700. The minimum atomic E-state index is -0.618. The molecule has 44 heavy (non-hydrogen) atoms. The van der Waals surface area contributed by atoms with E-state index in [2.05, 4.69) is 21.7 Å². The molecule has 1 saturated carbocycles. The second-order valence-electron chi connectivity index (χ2n) is 11.4. The highest BCUT2D eigenvalue weighted by atomic mass is 32.2. The van der Waals surface area contributed by atoms with Crippen LogP contribution in [0.2, 0.25) is 0 Å². The van der Waals surface area contributed by atoms with Crippen molar-refractivity contribution in [2.24, 2.45) is 5.92 Å². The van der Waals surface area contributed by atoms with Crippen molar-refractivity contribution >= 4 is 41.0 Å². The van der Waals surface area contributed by atoms with E-state index in [0.29, 0.717) is 46.9 Å². The Labute approximate surface area is 259 Å². The van der Waals surface area contributed by atoms with Crippen LogP contribution in [0.5, 0.6) is 11.5 Å². The molecule has 3 atom stereocenters. The van der Waals surface area contributed by atoms with Crippen LogP contribution in [-0.4, -0.2) is 52.1 Å². The van der Waals surface area contributed by atoms with Crippen LogP contribution in [0.3, 0.4) is 0 Å². The van der Waals surface area contributed by atoms with Gasteiger partial charge in [-0.05, 0) is 61.9 Å². The molecule has 2 unspecified atom stereocenters. The number of ether oxygens (including phenoxy) is 1. The molecule has 3 aliphatic heterocycles. The summed E-state index contributed by atoms with van der Waals surface area (Å²) in [5, 5.41) is 15.8. The van der Waals surface area contributed by atoms with E-state index in [4.69, 9.17) is 4.74 Å². The molecule has 1 aromatic heterocycles. The predicted molar refractivity (Wildman–Crippen MR) is 164 cm³/mol. The molecule has 3 aromatic rings. The molecule has 10 nitrogen and oxygen atoms in total. The van der Waals surface area contributed by atoms with Crippen LogP contribution in [0.25, 0.3) is 0 Å². The molecule has 2 fully saturated rings. The van der Waals surface area contributed by atoms with Crippen LogP contribution in [0.15, 0.2) is 83.5 Å². The number of hydrogen-bond acceptors (Lipinski definition) is 7. The largest absolute Gasteiger partial charge is 0.457 e. The number of nitrogens with zero attached hydrogens (tertiary/aromatic N) is 4. The van der Waals surface area contributed by atoms with Gasteiger partial charge in [0.1, 0.15) is 33.4 Å². The Morgan fingerprint density at radius 2 is 1.91 bits per heavy atom. The second-order valence-corrected chi connectivity index (χ2v) is 12.5. The molecule has 11 heteroatoms. The average molecular weight is 607 g/mol. The van der Waals surface area contributed by atoms with Crippen LogP contribution in [-0.2, 0) is 9.59 Å². The highest BCUT2D eigenvalue weighted by Gasteiger charge is 2.47. The summed E-state index contributed by atoms with van der Waals surface area (Å²) in [6, 6.07) is 19.4. The summed E-state index contributed by atoms with van der Waals surface area (Å²) < 4.78 is 6.00. The molecule has 2 aromatic carbocycles. The van der Waals surface area contributed by atoms with Gasteiger partial charge in [0.25, 0.3) is 5.91 Å². The van der Waals surface area contributed by atoms with E-state index >= 15 is 0 Å². The van der Waals surface area contributed by atoms with Crippen LogP contribution in [0.1, 0.15) is 37.3 Å². The summed E-state index contributed by atoms with van der Waals surface area (Å²) in [6.45, 7) is 0.895. The Balaban J connectivity index is 1.07. The fourth-order valence-electron chi connectivity index (χ4n) is 5.98. The molecule has 1 aliphatic carbocycles. The monoisotopic (exact) mass is 606 g/mol. The van der Waals surface area contributed by atoms with E-state index in [-0.39, 0.29) is 29.5 Å². The van der Waals surface area contributed by atoms with Crippen molar-refractivity contribution in [1.82, 2.24) is 20.5 Å². The normalized spacial score (nSPS) is 22.5. The molecule has 0 spiro atoms. The Kier molecular flexibility index (Phi) is 7.44. The quantitative estimate of drug-likeness (QED) is 0.279. The number of piperidine rings is 1. The van der Waals surface area contributed by atoms with Crippen molar-refractivity contribution in [1.29, 1.82) is 5.26 Å². The Morgan fingerprint density at radius 3 is 2.70 bits per heavy atom. The highest BCUT2D eigenvalue weighted by molar-refractivity contribution is 8.01. The third kappa shape index (κ3) is 5.49. The number of carbonyl (C=O) groups excluding carboxylic acids is 3. The van der Waals surface area contributed by atoms with Gasteiger partial charge in [0, 0.05) is 37.0 Å². The summed E-state index contributed by atoms with van der Waals surface area (Å²) >= 11 is 1.33. The van der Waals surface area contributed by atoms with E-state index in [1.807, 2.05) is 48.5 Å². The summed E-state index contributed by atoms with van der Waals surface area (Å²) in [4.78, 5) is 48.1. The maximum Gasteiger partial charge on any atom is 0.327 e. The van der Waals surface area contributed by atoms with Gasteiger partial charge in [0.2, 0.25) is 5.91 Å². The lowest BCUT2D eigenvalue weighted by Gasteiger charge is -2.36. The number of aromatic nitrogens is 1. The molecule has 1 saturated heterocycles. The first-order chi connectivity index (χ1) is 21.5. The van der Waals surface area contributed by atoms with Crippen LogP contribution in [0.4, 0.5) is 16.2 Å². The summed E-state index contributed by atoms with van der Waals surface area (Å²) in [5.41, 5.74) is 2.28. The Hall–Kier alpha value is -4.82. The van der Waals surface area contributed by atoms with Gasteiger partial charge in [0.15, 0.2) is 0 Å². The van der Waals surface area contributed by atoms with Gasteiger partial charge in [0.05, 0.1) is 17.4 Å².